The Bertz CT molecular complexity index is 3100. The van der Waals surface area contributed by atoms with Crippen LogP contribution in [-0.2, 0) is 0 Å². The number of benzene rings is 7. The first-order chi connectivity index (χ1) is 24.3. The third kappa shape index (κ3) is 3.79. The predicted octanol–water partition coefficient (Wildman–Crippen LogP) is 12.3. The number of aromatic nitrogens is 3. The van der Waals surface area contributed by atoms with E-state index in [1.54, 1.807) is 0 Å². The SMILES string of the molecule is c1ccc(-c2ccc(-c3nc(-n4c5ccccc5c5c6ccccc6c6sc7ccccc7c6c54)nc4oc5ccccc5c34)cc2)cc1. The molecular weight excluding hydrogens is 619 g/mol. The third-order valence-electron chi connectivity index (χ3n) is 9.84. The minimum Gasteiger partial charge on any atom is -0.437 e. The molecule has 5 heteroatoms. The van der Waals surface area contributed by atoms with E-state index in [0.29, 0.717) is 11.7 Å². The Morgan fingerprint density at radius 2 is 1.10 bits per heavy atom. The summed E-state index contributed by atoms with van der Waals surface area (Å²) in [6, 6.07) is 53.5. The molecule has 0 aliphatic heterocycles. The van der Waals surface area contributed by atoms with Crippen LogP contribution >= 0.6 is 11.3 Å². The van der Waals surface area contributed by atoms with E-state index in [9.17, 15) is 0 Å². The van der Waals surface area contributed by atoms with Gasteiger partial charge in [-0.15, -0.1) is 11.3 Å². The Morgan fingerprint density at radius 1 is 0.469 bits per heavy atom. The van der Waals surface area contributed by atoms with E-state index in [1.165, 1.54) is 47.3 Å². The molecule has 0 amide bonds. The molecular formula is C44H25N3OS. The summed E-state index contributed by atoms with van der Waals surface area (Å²) in [6.45, 7) is 0. The lowest BCUT2D eigenvalue weighted by molar-refractivity contribution is 0.651. The molecule has 0 atom stereocenters. The van der Waals surface area contributed by atoms with E-state index in [4.69, 9.17) is 14.4 Å². The second kappa shape index (κ2) is 10.1. The molecule has 0 fully saturated rings. The van der Waals surface area contributed by atoms with Crippen LogP contribution in [0.15, 0.2) is 156 Å². The van der Waals surface area contributed by atoms with Gasteiger partial charge in [0, 0.05) is 47.3 Å². The van der Waals surface area contributed by atoms with Gasteiger partial charge < -0.3 is 4.42 Å². The van der Waals surface area contributed by atoms with Crippen molar-refractivity contribution in [3.63, 3.8) is 0 Å². The first-order valence-electron chi connectivity index (χ1n) is 16.4. The van der Waals surface area contributed by atoms with E-state index in [2.05, 4.69) is 132 Å². The summed E-state index contributed by atoms with van der Waals surface area (Å²) in [7, 11) is 0. The highest BCUT2D eigenvalue weighted by Gasteiger charge is 2.25. The molecule has 11 rings (SSSR count). The molecule has 0 spiro atoms. The quantitative estimate of drug-likeness (QED) is 0.192. The van der Waals surface area contributed by atoms with Crippen LogP contribution in [0.5, 0.6) is 0 Å². The lowest BCUT2D eigenvalue weighted by atomic mass is 10.00. The molecule has 4 aromatic heterocycles. The number of para-hydroxylation sites is 2. The van der Waals surface area contributed by atoms with Gasteiger partial charge in [0.15, 0.2) is 0 Å². The van der Waals surface area contributed by atoms with Gasteiger partial charge in [-0.3, -0.25) is 4.57 Å². The molecule has 11 aromatic rings. The van der Waals surface area contributed by atoms with Gasteiger partial charge in [-0.1, -0.05) is 133 Å². The fraction of sp³-hybridized carbons (Fsp3) is 0. The monoisotopic (exact) mass is 643 g/mol. The highest BCUT2D eigenvalue weighted by atomic mass is 32.1. The Hall–Kier alpha value is -6.30. The van der Waals surface area contributed by atoms with Crippen molar-refractivity contribution in [2.75, 3.05) is 0 Å². The van der Waals surface area contributed by atoms with Crippen LogP contribution in [0.1, 0.15) is 0 Å². The second-order valence-electron chi connectivity index (χ2n) is 12.5. The molecule has 4 nitrogen and oxygen atoms in total. The zero-order chi connectivity index (χ0) is 32.1. The van der Waals surface area contributed by atoms with Crippen molar-refractivity contribution >= 4 is 86.2 Å². The minimum atomic E-state index is 0.575. The van der Waals surface area contributed by atoms with Crippen LogP contribution in [0.3, 0.4) is 0 Å². The maximum absolute atomic E-state index is 6.52. The molecule has 0 bridgehead atoms. The average Bonchev–Trinajstić information content (AvgIpc) is 3.85. The topological polar surface area (TPSA) is 43.9 Å². The summed E-state index contributed by atoms with van der Waals surface area (Å²) in [5, 5.41) is 9.28. The first kappa shape index (κ1) is 26.7. The molecule has 0 saturated heterocycles. The molecule has 0 saturated carbocycles. The van der Waals surface area contributed by atoms with Crippen LogP contribution in [-0.4, -0.2) is 14.5 Å². The van der Waals surface area contributed by atoms with Crippen LogP contribution in [0.4, 0.5) is 0 Å². The Labute approximate surface area is 284 Å². The third-order valence-corrected chi connectivity index (χ3v) is 11.0. The normalized spacial score (nSPS) is 12.1. The molecule has 0 aliphatic rings. The molecule has 49 heavy (non-hydrogen) atoms. The van der Waals surface area contributed by atoms with Crippen molar-refractivity contribution in [1.82, 2.24) is 14.5 Å². The van der Waals surface area contributed by atoms with Gasteiger partial charge in [-0.2, -0.15) is 4.98 Å². The zero-order valence-corrected chi connectivity index (χ0v) is 26.9. The van der Waals surface area contributed by atoms with Crippen molar-refractivity contribution in [3.8, 4) is 28.3 Å². The van der Waals surface area contributed by atoms with Gasteiger partial charge in [0.05, 0.1) is 22.1 Å². The van der Waals surface area contributed by atoms with Crippen molar-refractivity contribution in [2.45, 2.75) is 0 Å². The van der Waals surface area contributed by atoms with Gasteiger partial charge in [0.25, 0.3) is 0 Å². The lowest BCUT2D eigenvalue weighted by Crippen LogP contribution is -2.03. The Kier molecular flexibility index (Phi) is 5.51. The fourth-order valence-electron chi connectivity index (χ4n) is 7.70. The van der Waals surface area contributed by atoms with Crippen LogP contribution in [0.25, 0.3) is 103 Å². The predicted molar refractivity (Wildman–Crippen MR) is 205 cm³/mol. The smallest absolute Gasteiger partial charge is 0.238 e. The van der Waals surface area contributed by atoms with Gasteiger partial charge in [-0.25, -0.2) is 4.98 Å². The first-order valence-corrected chi connectivity index (χ1v) is 17.2. The molecule has 7 aromatic carbocycles. The van der Waals surface area contributed by atoms with Crippen LogP contribution in [0.2, 0.25) is 0 Å². The molecule has 228 valence electrons. The number of fused-ring (bicyclic) bond motifs is 13. The molecule has 0 radical (unpaired) electrons. The number of furan rings is 1. The van der Waals surface area contributed by atoms with E-state index in [-0.39, 0.29) is 0 Å². The highest BCUT2D eigenvalue weighted by molar-refractivity contribution is 7.27. The van der Waals surface area contributed by atoms with Crippen LogP contribution < -0.4 is 0 Å². The standard InChI is InChI=1S/C44H25N3OS/c1-2-12-26(13-3-1)27-22-24-28(25-23-27)40-38-32-17-7-10-20-35(32)48-43(38)46-44(45-40)47-34-19-9-6-16-31(34)37-29-14-4-5-15-30(29)42-39(41(37)47)33-18-8-11-21-36(33)49-42/h1-25H. The maximum Gasteiger partial charge on any atom is 0.238 e. The van der Waals surface area contributed by atoms with E-state index in [1.807, 2.05) is 35.6 Å². The van der Waals surface area contributed by atoms with Crippen molar-refractivity contribution < 1.29 is 4.42 Å². The average molecular weight is 644 g/mol. The van der Waals surface area contributed by atoms with Crippen LogP contribution in [0, 0.1) is 0 Å². The van der Waals surface area contributed by atoms with Gasteiger partial charge in [-0.05, 0) is 34.7 Å². The highest BCUT2D eigenvalue weighted by Crippen LogP contribution is 2.48. The number of hydrogen-bond donors (Lipinski definition) is 0. The largest absolute Gasteiger partial charge is 0.437 e. The van der Waals surface area contributed by atoms with Crippen molar-refractivity contribution in [1.29, 1.82) is 0 Å². The number of rotatable bonds is 3. The summed E-state index contributed by atoms with van der Waals surface area (Å²) in [6.07, 6.45) is 0. The molecule has 0 unspecified atom stereocenters. The molecule has 4 heterocycles. The van der Waals surface area contributed by atoms with E-state index < -0.39 is 0 Å². The minimum absolute atomic E-state index is 0.575. The van der Waals surface area contributed by atoms with Crippen molar-refractivity contribution in [2.24, 2.45) is 0 Å². The lowest BCUT2D eigenvalue weighted by Gasteiger charge is -2.11. The van der Waals surface area contributed by atoms with E-state index >= 15 is 0 Å². The zero-order valence-electron chi connectivity index (χ0n) is 26.1. The van der Waals surface area contributed by atoms with Gasteiger partial charge in [0.2, 0.25) is 11.7 Å². The summed E-state index contributed by atoms with van der Waals surface area (Å²) in [4.78, 5) is 10.7. The summed E-state index contributed by atoms with van der Waals surface area (Å²) < 4.78 is 11.3. The summed E-state index contributed by atoms with van der Waals surface area (Å²) in [5.74, 6) is 0.590. The fourth-order valence-corrected chi connectivity index (χ4v) is 8.94. The van der Waals surface area contributed by atoms with Gasteiger partial charge >= 0.3 is 0 Å². The summed E-state index contributed by atoms with van der Waals surface area (Å²) in [5.41, 5.74) is 7.75. The van der Waals surface area contributed by atoms with Gasteiger partial charge in [0.1, 0.15) is 5.58 Å². The Morgan fingerprint density at radius 3 is 1.94 bits per heavy atom. The Balaban J connectivity index is 1.29. The number of thiophene rings is 1. The van der Waals surface area contributed by atoms with Crippen molar-refractivity contribution in [3.05, 3.63) is 152 Å². The maximum atomic E-state index is 6.52. The molecule has 0 aliphatic carbocycles. The summed E-state index contributed by atoms with van der Waals surface area (Å²) >= 11 is 1.85. The van der Waals surface area contributed by atoms with E-state index in [0.717, 1.165) is 44.2 Å². The second-order valence-corrected chi connectivity index (χ2v) is 13.6. The number of hydrogen-bond acceptors (Lipinski definition) is 4. The molecule has 0 N–H and O–H groups in total. The number of nitrogens with zero attached hydrogens (tertiary/aromatic N) is 3.